The van der Waals surface area contributed by atoms with Crippen LogP contribution in [0.25, 0.3) is 0 Å². The zero-order chi connectivity index (χ0) is 10.7. The maximum atomic E-state index is 6.20. The van der Waals surface area contributed by atoms with Gasteiger partial charge < -0.3 is 16.2 Å². The Hall–Kier alpha value is -1.13. The number of hydrogen-bond donors (Lipinski definition) is 2. The number of nitrogens with two attached hydrogens (primary N) is 2. The molecule has 0 amide bonds. The van der Waals surface area contributed by atoms with E-state index < -0.39 is 0 Å². The fourth-order valence-corrected chi connectivity index (χ4v) is 2.02. The Morgan fingerprint density at radius 1 is 1.40 bits per heavy atom. The Labute approximate surface area is 89.6 Å². The number of nitrogen functional groups attached to an aromatic ring is 1. The first-order valence-electron chi connectivity index (χ1n) is 5.31. The Bertz CT molecular complexity index is 323. The monoisotopic (exact) mass is 207 g/mol. The first-order chi connectivity index (χ1) is 7.29. The summed E-state index contributed by atoms with van der Waals surface area (Å²) in [6, 6.07) is 1.79. The van der Waals surface area contributed by atoms with Gasteiger partial charge in [0.1, 0.15) is 0 Å². The molecule has 0 saturated carbocycles. The Morgan fingerprint density at radius 2 is 2.13 bits per heavy atom. The van der Waals surface area contributed by atoms with E-state index in [1.807, 2.05) is 0 Å². The maximum Gasteiger partial charge on any atom is 0.0469 e. The fourth-order valence-electron chi connectivity index (χ4n) is 2.02. The zero-order valence-electron chi connectivity index (χ0n) is 8.73. The molecule has 1 aliphatic heterocycles. The topological polar surface area (TPSA) is 74.2 Å². The lowest BCUT2D eigenvalue weighted by Gasteiger charge is -2.28. The molecule has 0 aliphatic carbocycles. The molecule has 1 aromatic heterocycles. The van der Waals surface area contributed by atoms with E-state index in [1.165, 1.54) is 0 Å². The SMILES string of the molecule is Nc1ccncc1C(N)C1CCOCC1. The van der Waals surface area contributed by atoms with Crippen LogP contribution in [0.1, 0.15) is 24.4 Å². The van der Waals surface area contributed by atoms with Crippen LogP contribution in [-0.2, 0) is 4.74 Å². The number of aromatic nitrogens is 1. The van der Waals surface area contributed by atoms with Crippen molar-refractivity contribution in [1.82, 2.24) is 4.98 Å². The van der Waals surface area contributed by atoms with Gasteiger partial charge in [-0.05, 0) is 24.8 Å². The lowest BCUT2D eigenvalue weighted by molar-refractivity contribution is 0.0584. The predicted molar refractivity (Wildman–Crippen MR) is 59.1 cm³/mol. The van der Waals surface area contributed by atoms with Gasteiger partial charge in [-0.1, -0.05) is 0 Å². The summed E-state index contributed by atoms with van der Waals surface area (Å²) in [7, 11) is 0. The van der Waals surface area contributed by atoms with Gasteiger partial charge in [0.2, 0.25) is 0 Å². The van der Waals surface area contributed by atoms with Crippen molar-refractivity contribution >= 4 is 5.69 Å². The minimum atomic E-state index is -0.0115. The minimum absolute atomic E-state index is 0.0115. The van der Waals surface area contributed by atoms with E-state index in [4.69, 9.17) is 16.2 Å². The van der Waals surface area contributed by atoms with Crippen LogP contribution in [-0.4, -0.2) is 18.2 Å². The van der Waals surface area contributed by atoms with Crippen molar-refractivity contribution in [1.29, 1.82) is 0 Å². The Kier molecular flexibility index (Phi) is 3.18. The molecule has 4 N–H and O–H groups in total. The van der Waals surface area contributed by atoms with Crippen molar-refractivity contribution in [3.05, 3.63) is 24.0 Å². The van der Waals surface area contributed by atoms with E-state index in [0.29, 0.717) is 5.92 Å². The summed E-state index contributed by atoms with van der Waals surface area (Å²) in [5.41, 5.74) is 13.8. The van der Waals surface area contributed by atoms with E-state index in [2.05, 4.69) is 4.98 Å². The molecule has 1 aromatic rings. The van der Waals surface area contributed by atoms with E-state index >= 15 is 0 Å². The van der Waals surface area contributed by atoms with Crippen LogP contribution in [0.5, 0.6) is 0 Å². The van der Waals surface area contributed by atoms with Crippen LogP contribution < -0.4 is 11.5 Å². The molecule has 0 aromatic carbocycles. The molecule has 0 radical (unpaired) electrons. The standard InChI is InChI=1S/C11H17N3O/c12-10-1-4-14-7-9(10)11(13)8-2-5-15-6-3-8/h1,4,7-8,11H,2-3,5-6,13H2,(H2,12,14). The van der Waals surface area contributed by atoms with Gasteiger partial charge in [0, 0.05) is 42.9 Å². The van der Waals surface area contributed by atoms with Gasteiger partial charge in [0.15, 0.2) is 0 Å². The van der Waals surface area contributed by atoms with Crippen molar-refractivity contribution in [2.75, 3.05) is 18.9 Å². The Morgan fingerprint density at radius 3 is 2.80 bits per heavy atom. The highest BCUT2D eigenvalue weighted by Crippen LogP contribution is 2.30. The molecule has 1 fully saturated rings. The summed E-state index contributed by atoms with van der Waals surface area (Å²) >= 11 is 0. The van der Waals surface area contributed by atoms with Crippen molar-refractivity contribution in [3.63, 3.8) is 0 Å². The molecule has 2 heterocycles. The molecule has 1 unspecified atom stereocenters. The summed E-state index contributed by atoms with van der Waals surface area (Å²) in [6.45, 7) is 1.61. The van der Waals surface area contributed by atoms with E-state index in [0.717, 1.165) is 37.3 Å². The molecule has 82 valence electrons. The second-order valence-corrected chi connectivity index (χ2v) is 3.98. The molecule has 0 bridgehead atoms. The van der Waals surface area contributed by atoms with Gasteiger partial charge in [-0.2, -0.15) is 0 Å². The number of ether oxygens (including phenoxy) is 1. The van der Waals surface area contributed by atoms with Crippen LogP contribution in [0.2, 0.25) is 0 Å². The molecular weight excluding hydrogens is 190 g/mol. The molecule has 2 rings (SSSR count). The van der Waals surface area contributed by atoms with Crippen molar-refractivity contribution in [2.45, 2.75) is 18.9 Å². The van der Waals surface area contributed by atoms with Crippen LogP contribution in [0.15, 0.2) is 18.5 Å². The van der Waals surface area contributed by atoms with Crippen LogP contribution in [0.4, 0.5) is 5.69 Å². The van der Waals surface area contributed by atoms with Crippen molar-refractivity contribution in [2.24, 2.45) is 11.7 Å². The van der Waals surface area contributed by atoms with E-state index in [9.17, 15) is 0 Å². The quantitative estimate of drug-likeness (QED) is 0.761. The molecular formula is C11H17N3O. The normalized spacial score (nSPS) is 20.1. The molecule has 4 nitrogen and oxygen atoms in total. The summed E-state index contributed by atoms with van der Waals surface area (Å²) in [6.07, 6.45) is 5.48. The third kappa shape index (κ3) is 2.27. The van der Waals surface area contributed by atoms with Gasteiger partial charge in [0.25, 0.3) is 0 Å². The molecule has 4 heteroatoms. The third-order valence-electron chi connectivity index (χ3n) is 3.02. The average molecular weight is 207 g/mol. The molecule has 1 saturated heterocycles. The zero-order valence-corrected chi connectivity index (χ0v) is 8.73. The predicted octanol–water partition coefficient (Wildman–Crippen LogP) is 1.09. The van der Waals surface area contributed by atoms with Gasteiger partial charge >= 0.3 is 0 Å². The van der Waals surface area contributed by atoms with Crippen molar-refractivity contribution < 1.29 is 4.74 Å². The van der Waals surface area contributed by atoms with Gasteiger partial charge in [-0.3, -0.25) is 4.98 Å². The van der Waals surface area contributed by atoms with Gasteiger partial charge in [-0.25, -0.2) is 0 Å². The first kappa shape index (κ1) is 10.4. The summed E-state index contributed by atoms with van der Waals surface area (Å²) in [4.78, 5) is 4.07. The van der Waals surface area contributed by atoms with Crippen LogP contribution in [0, 0.1) is 5.92 Å². The largest absolute Gasteiger partial charge is 0.398 e. The third-order valence-corrected chi connectivity index (χ3v) is 3.02. The number of anilines is 1. The number of hydrogen-bond acceptors (Lipinski definition) is 4. The minimum Gasteiger partial charge on any atom is -0.398 e. The Balaban J connectivity index is 2.12. The summed E-state index contributed by atoms with van der Waals surface area (Å²) in [5, 5.41) is 0. The number of pyridine rings is 1. The van der Waals surface area contributed by atoms with Gasteiger partial charge in [0.05, 0.1) is 0 Å². The number of nitrogens with zero attached hydrogens (tertiary/aromatic N) is 1. The van der Waals surface area contributed by atoms with Crippen molar-refractivity contribution in [3.8, 4) is 0 Å². The lowest BCUT2D eigenvalue weighted by atomic mass is 9.88. The molecule has 0 spiro atoms. The summed E-state index contributed by atoms with van der Waals surface area (Å²) in [5.74, 6) is 0.463. The van der Waals surface area contributed by atoms with E-state index in [-0.39, 0.29) is 6.04 Å². The fraction of sp³-hybridized carbons (Fsp3) is 0.545. The smallest absolute Gasteiger partial charge is 0.0469 e. The molecule has 15 heavy (non-hydrogen) atoms. The van der Waals surface area contributed by atoms with Crippen LogP contribution in [0.3, 0.4) is 0 Å². The second kappa shape index (κ2) is 4.59. The highest BCUT2D eigenvalue weighted by molar-refractivity contribution is 5.46. The second-order valence-electron chi connectivity index (χ2n) is 3.98. The molecule has 1 atom stereocenters. The highest BCUT2D eigenvalue weighted by atomic mass is 16.5. The maximum absolute atomic E-state index is 6.20. The lowest BCUT2D eigenvalue weighted by Crippen LogP contribution is -2.28. The molecule has 1 aliphatic rings. The highest BCUT2D eigenvalue weighted by Gasteiger charge is 2.23. The van der Waals surface area contributed by atoms with E-state index in [1.54, 1.807) is 18.5 Å². The number of rotatable bonds is 2. The first-order valence-corrected chi connectivity index (χ1v) is 5.31. The average Bonchev–Trinajstić information content (AvgIpc) is 2.30. The van der Waals surface area contributed by atoms with Gasteiger partial charge in [-0.15, -0.1) is 0 Å². The summed E-state index contributed by atoms with van der Waals surface area (Å²) < 4.78 is 5.31. The van der Waals surface area contributed by atoms with Crippen LogP contribution >= 0.6 is 0 Å².